The van der Waals surface area contributed by atoms with Crippen LogP contribution < -0.4 is 11.4 Å². The maximum atomic E-state index is 12.8. The van der Waals surface area contributed by atoms with Crippen LogP contribution in [0, 0.1) is 0 Å². The second-order valence-corrected chi connectivity index (χ2v) is 20.5. The number of allylic oxidation sites excluding steroid dienone is 9. The summed E-state index contributed by atoms with van der Waals surface area (Å²) in [6.07, 6.45) is 33.5. The lowest BCUT2D eigenvalue weighted by atomic mass is 10.1. The van der Waals surface area contributed by atoms with Crippen molar-refractivity contribution in [3.05, 3.63) is 83.5 Å². The van der Waals surface area contributed by atoms with Gasteiger partial charge in [-0.25, -0.2) is 13.9 Å². The minimum absolute atomic E-state index is 0.0452. The SMILES string of the molecule is CCCCCC/C=C\CCCCCCCCCC(=O)OC[C@H](COP(=O)(O)OP(=O)(O)OC[C@H]1O[C@@H](n2ccc(N)nc2=O)[C@H](O)[C@@H]1O)OC(=O)CCC/C=C\C/C=C\C/C=C\C/C=C\[C@H](O)CCCC. The maximum Gasteiger partial charge on any atom is 0.481 e. The van der Waals surface area contributed by atoms with E-state index in [1.54, 1.807) is 0 Å². The molecule has 71 heavy (non-hydrogen) atoms. The van der Waals surface area contributed by atoms with Gasteiger partial charge in [0, 0.05) is 19.0 Å². The molecule has 2 unspecified atom stereocenters. The number of hydrogen-bond acceptors (Lipinski definition) is 16. The summed E-state index contributed by atoms with van der Waals surface area (Å²) < 4.78 is 56.7. The van der Waals surface area contributed by atoms with Gasteiger partial charge in [-0.3, -0.25) is 23.2 Å². The first-order valence-electron chi connectivity index (χ1n) is 25.4. The first-order chi connectivity index (χ1) is 34.1. The first kappa shape index (κ1) is 63.5. The summed E-state index contributed by atoms with van der Waals surface area (Å²) in [5, 5.41) is 30.8. The number of carbonyl (C=O) groups excluding carboxylic acids is 2. The van der Waals surface area contributed by atoms with Crippen molar-refractivity contribution in [3.63, 3.8) is 0 Å². The summed E-state index contributed by atoms with van der Waals surface area (Å²) in [4.78, 5) is 61.9. The van der Waals surface area contributed by atoms with Crippen LogP contribution in [0.5, 0.6) is 0 Å². The smallest absolute Gasteiger partial charge is 0.462 e. The second-order valence-electron chi connectivity index (χ2n) is 17.5. The number of nitrogens with zero attached hydrogens (tertiary/aromatic N) is 2. The summed E-state index contributed by atoms with van der Waals surface area (Å²) in [6, 6.07) is 1.24. The first-order valence-corrected chi connectivity index (χ1v) is 28.4. The van der Waals surface area contributed by atoms with Gasteiger partial charge in [0.15, 0.2) is 12.3 Å². The fourth-order valence-electron chi connectivity index (χ4n) is 7.14. The van der Waals surface area contributed by atoms with Gasteiger partial charge in [0.25, 0.3) is 0 Å². The summed E-state index contributed by atoms with van der Waals surface area (Å²) >= 11 is 0. The summed E-state index contributed by atoms with van der Waals surface area (Å²) in [6.45, 7) is 1.92. The Morgan fingerprint density at radius 1 is 0.732 bits per heavy atom. The number of hydrogen-bond donors (Lipinski definition) is 6. The van der Waals surface area contributed by atoms with E-state index in [9.17, 15) is 48.6 Å². The number of aliphatic hydroxyl groups excluding tert-OH is 3. The molecule has 2 rings (SSSR count). The average molecular weight is 1040 g/mol. The van der Waals surface area contributed by atoms with Gasteiger partial charge in [0.1, 0.15) is 30.7 Å². The number of carbonyl (C=O) groups is 2. The molecular formula is C50H83N3O16P2. The number of esters is 2. The lowest BCUT2D eigenvalue weighted by Crippen LogP contribution is -2.36. The van der Waals surface area contributed by atoms with Crippen LogP contribution >= 0.6 is 15.6 Å². The number of ether oxygens (including phenoxy) is 3. The van der Waals surface area contributed by atoms with Crippen LogP contribution in [0.15, 0.2) is 77.8 Å². The Morgan fingerprint density at radius 2 is 1.28 bits per heavy atom. The molecule has 0 radical (unpaired) electrons. The van der Waals surface area contributed by atoms with E-state index in [1.165, 1.54) is 31.7 Å². The molecule has 7 N–H and O–H groups in total. The van der Waals surface area contributed by atoms with Crippen LogP contribution in [0.2, 0.25) is 0 Å². The number of aromatic nitrogens is 2. The summed E-state index contributed by atoms with van der Waals surface area (Å²) in [7, 11) is -10.9. The molecule has 2 heterocycles. The van der Waals surface area contributed by atoms with Crippen LogP contribution in [0.3, 0.4) is 0 Å². The third-order valence-electron chi connectivity index (χ3n) is 11.1. The molecule has 1 aliphatic rings. The highest BCUT2D eigenvalue weighted by atomic mass is 31.3. The predicted molar refractivity (Wildman–Crippen MR) is 272 cm³/mol. The van der Waals surface area contributed by atoms with Crippen molar-refractivity contribution in [3.8, 4) is 0 Å². The number of unbranched alkanes of at least 4 members (excludes halogenated alkanes) is 13. The van der Waals surface area contributed by atoms with E-state index in [4.69, 9.17) is 29.0 Å². The maximum absolute atomic E-state index is 12.8. The van der Waals surface area contributed by atoms with Crippen molar-refractivity contribution in [1.29, 1.82) is 0 Å². The third-order valence-corrected chi connectivity index (χ3v) is 13.7. The standard InChI is InChI=1S/C50H83N3O16P2/c1-3-5-7-8-9-10-11-12-13-14-18-21-24-27-30-34-45(55)64-38-42(67-46(56)35-31-28-25-22-19-16-15-17-20-23-26-29-33-41(54)32-6-4-2)39-65-70(60,61)69-71(62,63)66-40-43-47(57)48(58)49(68-43)53-37-36-44(51)52-50(53)59/h10-11,15-16,20,22-23,25,29,33,36-37,41-43,47-49,54,57-58H,3-9,12-14,17-19,21,24,26-28,30-32,34-35,38-40H2,1-2H3,(H,60,61)(H,62,63)(H2,51,52,59)/b11-10-,16-15-,23-20-,25-22-,33-29-/t41-,42-,43-,47-,48-,49-/m1/s1. The zero-order chi connectivity index (χ0) is 52.2. The number of rotatable bonds is 41. The van der Waals surface area contributed by atoms with Crippen molar-refractivity contribution in [2.24, 2.45) is 0 Å². The highest BCUT2D eigenvalue weighted by molar-refractivity contribution is 7.61. The van der Waals surface area contributed by atoms with Gasteiger partial charge >= 0.3 is 33.3 Å². The van der Waals surface area contributed by atoms with Crippen molar-refractivity contribution >= 4 is 33.4 Å². The van der Waals surface area contributed by atoms with Gasteiger partial charge in [-0.2, -0.15) is 9.29 Å². The highest BCUT2D eigenvalue weighted by Gasteiger charge is 2.46. The van der Waals surface area contributed by atoms with E-state index < -0.39 is 89.8 Å². The second kappa shape index (κ2) is 38.1. The Kier molecular flexibility index (Phi) is 34.1. The van der Waals surface area contributed by atoms with E-state index in [0.29, 0.717) is 25.7 Å². The normalized spacial score (nSPS) is 20.1. The Balaban J connectivity index is 1.84. The molecule has 1 aromatic heterocycles. The zero-order valence-corrected chi connectivity index (χ0v) is 43.7. The van der Waals surface area contributed by atoms with Gasteiger partial charge in [-0.1, -0.05) is 139 Å². The molecule has 1 fully saturated rings. The Morgan fingerprint density at radius 3 is 1.93 bits per heavy atom. The topological polar surface area (TPSA) is 286 Å². The molecule has 0 amide bonds. The minimum atomic E-state index is -5.45. The molecule has 0 spiro atoms. The van der Waals surface area contributed by atoms with E-state index in [1.807, 2.05) is 42.5 Å². The molecular weight excluding hydrogens is 961 g/mol. The number of nitrogens with two attached hydrogens (primary N) is 1. The van der Waals surface area contributed by atoms with Crippen LogP contribution in [-0.2, 0) is 46.3 Å². The van der Waals surface area contributed by atoms with E-state index in [2.05, 4.69) is 41.4 Å². The Bertz CT molecular complexity index is 1940. The van der Waals surface area contributed by atoms with E-state index >= 15 is 0 Å². The molecule has 19 nitrogen and oxygen atoms in total. The monoisotopic (exact) mass is 1040 g/mol. The number of phosphoric ester groups is 2. The number of anilines is 1. The molecule has 1 aromatic rings. The fourth-order valence-corrected chi connectivity index (χ4v) is 9.25. The summed E-state index contributed by atoms with van der Waals surface area (Å²) in [5.74, 6) is -1.40. The van der Waals surface area contributed by atoms with Gasteiger partial charge in [-0.15, -0.1) is 0 Å². The molecule has 1 aliphatic heterocycles. The van der Waals surface area contributed by atoms with Crippen molar-refractivity contribution in [2.45, 2.75) is 198 Å². The minimum Gasteiger partial charge on any atom is -0.462 e. The van der Waals surface area contributed by atoms with Crippen molar-refractivity contribution < 1.29 is 71.4 Å². The Labute approximate surface area is 420 Å². The molecule has 8 atom stereocenters. The van der Waals surface area contributed by atoms with Crippen molar-refractivity contribution in [1.82, 2.24) is 9.55 Å². The predicted octanol–water partition coefficient (Wildman–Crippen LogP) is 9.30. The third kappa shape index (κ3) is 30.9. The van der Waals surface area contributed by atoms with Gasteiger partial charge < -0.3 is 45.1 Å². The van der Waals surface area contributed by atoms with Crippen LogP contribution in [0.4, 0.5) is 5.82 Å². The van der Waals surface area contributed by atoms with Gasteiger partial charge in [-0.05, 0) is 76.7 Å². The van der Waals surface area contributed by atoms with Crippen LogP contribution in [0.1, 0.15) is 168 Å². The van der Waals surface area contributed by atoms with Crippen molar-refractivity contribution in [2.75, 3.05) is 25.6 Å². The lowest BCUT2D eigenvalue weighted by Gasteiger charge is -2.21. The highest BCUT2D eigenvalue weighted by Crippen LogP contribution is 2.60. The molecule has 1 saturated heterocycles. The average Bonchev–Trinajstić information content (AvgIpc) is 3.60. The Hall–Kier alpha value is -3.58. The quantitative estimate of drug-likeness (QED) is 0.0154. The van der Waals surface area contributed by atoms with Gasteiger partial charge in [0.05, 0.1) is 19.3 Å². The van der Waals surface area contributed by atoms with E-state index in [-0.39, 0.29) is 18.7 Å². The molecule has 0 aliphatic carbocycles. The number of phosphoric acid groups is 2. The lowest BCUT2D eigenvalue weighted by molar-refractivity contribution is -0.161. The number of aliphatic hydroxyl groups is 3. The number of nitrogen functional groups attached to an aromatic ring is 1. The molecule has 0 saturated carbocycles. The largest absolute Gasteiger partial charge is 0.481 e. The molecule has 0 aromatic carbocycles. The molecule has 404 valence electrons. The van der Waals surface area contributed by atoms with E-state index in [0.717, 1.165) is 94.2 Å². The fraction of sp³-hybridized carbons (Fsp3) is 0.680. The zero-order valence-electron chi connectivity index (χ0n) is 41.9. The van der Waals surface area contributed by atoms with Crippen LogP contribution in [-0.4, -0.2) is 96.9 Å². The summed E-state index contributed by atoms with van der Waals surface area (Å²) in [5.41, 5.74) is 4.58. The van der Waals surface area contributed by atoms with Crippen LogP contribution in [0.25, 0.3) is 0 Å². The van der Waals surface area contributed by atoms with Gasteiger partial charge in [0.2, 0.25) is 0 Å². The molecule has 21 heteroatoms. The molecule has 0 bridgehead atoms.